The van der Waals surface area contributed by atoms with Crippen molar-refractivity contribution < 1.29 is 17.6 Å². The summed E-state index contributed by atoms with van der Waals surface area (Å²) < 4.78 is 41.2. The molecule has 0 saturated carbocycles. The molecular formula is C26H29FN6O3S. The molecule has 2 aliphatic heterocycles. The lowest BCUT2D eigenvalue weighted by Gasteiger charge is -2.43. The Labute approximate surface area is 215 Å². The van der Waals surface area contributed by atoms with Gasteiger partial charge in [-0.1, -0.05) is 30.3 Å². The van der Waals surface area contributed by atoms with Crippen molar-refractivity contribution >= 4 is 33.1 Å². The Kier molecular flexibility index (Phi) is 6.96. The third kappa shape index (κ3) is 4.95. The van der Waals surface area contributed by atoms with E-state index in [-0.39, 0.29) is 33.4 Å². The molecule has 0 radical (unpaired) electrons. The molecule has 2 saturated heterocycles. The summed E-state index contributed by atoms with van der Waals surface area (Å²) in [7, 11) is -3.77. The van der Waals surface area contributed by atoms with Crippen LogP contribution in [-0.2, 0) is 14.6 Å². The first-order valence-electron chi connectivity index (χ1n) is 12.3. The summed E-state index contributed by atoms with van der Waals surface area (Å²) in [4.78, 5) is 25.4. The highest BCUT2D eigenvalue weighted by atomic mass is 32.2. The molecular weight excluding hydrogens is 495 g/mol. The highest BCUT2D eigenvalue weighted by Gasteiger charge is 2.36. The maximum atomic E-state index is 14.6. The smallest absolute Gasteiger partial charge is 0.245 e. The van der Waals surface area contributed by atoms with E-state index in [1.54, 1.807) is 54.6 Å². The number of likely N-dealkylation sites (tertiary alicyclic amines) is 1. The number of aromatic nitrogens is 2. The Bertz CT molecular complexity index is 1390. The fraction of sp³-hybridized carbons (Fsp3) is 0.346. The van der Waals surface area contributed by atoms with Crippen molar-refractivity contribution in [2.75, 3.05) is 35.6 Å². The molecule has 0 aliphatic carbocycles. The van der Waals surface area contributed by atoms with Crippen LogP contribution in [0.5, 0.6) is 0 Å². The number of amides is 1. The molecule has 0 bridgehead atoms. The van der Waals surface area contributed by atoms with E-state index in [1.165, 1.54) is 6.33 Å². The van der Waals surface area contributed by atoms with E-state index >= 15 is 0 Å². The van der Waals surface area contributed by atoms with Crippen LogP contribution in [0, 0.1) is 5.82 Å². The third-order valence-corrected chi connectivity index (χ3v) is 8.80. The highest BCUT2D eigenvalue weighted by molar-refractivity contribution is 7.91. The number of nitrogens with two attached hydrogens (primary N) is 1. The van der Waals surface area contributed by atoms with Gasteiger partial charge in [-0.15, -0.1) is 0 Å². The summed E-state index contributed by atoms with van der Waals surface area (Å²) in [6, 6.07) is 14.2. The molecule has 1 amide bonds. The molecule has 9 nitrogen and oxygen atoms in total. The predicted octanol–water partition coefficient (Wildman–Crippen LogP) is 3.10. The van der Waals surface area contributed by atoms with Gasteiger partial charge in [-0.2, -0.15) is 4.39 Å². The van der Waals surface area contributed by atoms with E-state index in [0.717, 1.165) is 19.3 Å². The lowest BCUT2D eigenvalue weighted by Crippen LogP contribution is -2.56. The van der Waals surface area contributed by atoms with Crippen LogP contribution in [0.4, 0.5) is 21.7 Å². The summed E-state index contributed by atoms with van der Waals surface area (Å²) in [6.07, 6.45) is 4.15. The number of hydrogen-bond acceptors (Lipinski definition) is 8. The van der Waals surface area contributed by atoms with Crippen molar-refractivity contribution in [3.63, 3.8) is 0 Å². The fourth-order valence-electron chi connectivity index (χ4n) is 5.13. The normalized spacial score (nSPS) is 20.6. The predicted molar refractivity (Wildman–Crippen MR) is 138 cm³/mol. The van der Waals surface area contributed by atoms with E-state index in [0.29, 0.717) is 31.7 Å². The average molecular weight is 525 g/mol. The number of piperidine rings is 2. The van der Waals surface area contributed by atoms with Gasteiger partial charge in [0.15, 0.2) is 11.6 Å². The maximum Gasteiger partial charge on any atom is 0.245 e. The summed E-state index contributed by atoms with van der Waals surface area (Å²) in [6.45, 7) is 1.64. The number of carbonyl (C=O) groups excluding carboxylic acids is 1. The molecule has 3 N–H and O–H groups in total. The van der Waals surface area contributed by atoms with Gasteiger partial charge in [0.2, 0.25) is 21.6 Å². The SMILES string of the molecule is Nc1ncnc(N2CCCC(N3CCCC(Nc4ccccc4S(=O)(=O)c4ccccc4)C3=O)C2)c1F. The molecule has 11 heteroatoms. The lowest BCUT2D eigenvalue weighted by atomic mass is 9.97. The summed E-state index contributed by atoms with van der Waals surface area (Å²) in [5.74, 6) is -0.789. The zero-order valence-corrected chi connectivity index (χ0v) is 21.1. The van der Waals surface area contributed by atoms with Crippen molar-refractivity contribution in [3.8, 4) is 0 Å². The van der Waals surface area contributed by atoms with Gasteiger partial charge in [0.05, 0.1) is 15.5 Å². The van der Waals surface area contributed by atoms with Crippen LogP contribution in [0.3, 0.4) is 0 Å². The van der Waals surface area contributed by atoms with Crippen LogP contribution >= 0.6 is 0 Å². The van der Waals surface area contributed by atoms with E-state index in [2.05, 4.69) is 15.3 Å². The molecule has 3 heterocycles. The van der Waals surface area contributed by atoms with Gasteiger partial charge in [-0.25, -0.2) is 18.4 Å². The van der Waals surface area contributed by atoms with E-state index in [4.69, 9.17) is 5.73 Å². The molecule has 2 aliphatic rings. The maximum absolute atomic E-state index is 14.6. The number of rotatable bonds is 6. The standard InChI is InChI=1S/C26H29FN6O3S/c27-23-24(28)29-17-30-25(23)32-14-6-8-18(16-32)33-15-7-12-21(26(33)34)31-20-11-4-5-13-22(20)37(35,36)19-9-2-1-3-10-19/h1-5,9-11,13,17-18,21,31H,6-8,12,14-16H2,(H2,28,29,30). The molecule has 2 unspecified atom stereocenters. The number of nitrogen functional groups attached to an aromatic ring is 1. The minimum absolute atomic E-state index is 0.0901. The number of carbonyl (C=O) groups is 1. The Balaban J connectivity index is 1.35. The number of anilines is 3. The summed E-state index contributed by atoms with van der Waals surface area (Å²) in [5, 5.41) is 3.22. The Morgan fingerprint density at radius 1 is 0.973 bits per heavy atom. The number of para-hydroxylation sites is 1. The minimum atomic E-state index is -3.77. The number of benzene rings is 2. The topological polar surface area (TPSA) is 122 Å². The molecule has 2 fully saturated rings. The van der Waals surface area contributed by atoms with Crippen molar-refractivity contribution in [1.29, 1.82) is 0 Å². The number of hydrogen-bond donors (Lipinski definition) is 2. The van der Waals surface area contributed by atoms with E-state index in [1.807, 2.05) is 9.80 Å². The number of halogens is 1. The third-order valence-electron chi connectivity index (χ3n) is 6.97. The first-order chi connectivity index (χ1) is 17.9. The largest absolute Gasteiger partial charge is 0.381 e. The fourth-order valence-corrected chi connectivity index (χ4v) is 6.57. The van der Waals surface area contributed by atoms with E-state index in [9.17, 15) is 17.6 Å². The van der Waals surface area contributed by atoms with Crippen LogP contribution in [0.25, 0.3) is 0 Å². The monoisotopic (exact) mass is 524 g/mol. The second-order valence-corrected chi connectivity index (χ2v) is 11.2. The highest BCUT2D eigenvalue weighted by Crippen LogP contribution is 2.31. The molecule has 2 atom stereocenters. The van der Waals surface area contributed by atoms with Crippen LogP contribution in [0.2, 0.25) is 0 Å². The van der Waals surface area contributed by atoms with Crippen LogP contribution in [0.15, 0.2) is 70.7 Å². The van der Waals surface area contributed by atoms with Gasteiger partial charge in [0, 0.05) is 25.7 Å². The van der Waals surface area contributed by atoms with E-state index < -0.39 is 21.7 Å². The first kappa shape index (κ1) is 24.9. The number of sulfone groups is 1. The van der Waals surface area contributed by atoms with Gasteiger partial charge in [0.1, 0.15) is 12.4 Å². The summed E-state index contributed by atoms with van der Waals surface area (Å²) in [5.41, 5.74) is 6.03. The second kappa shape index (κ2) is 10.3. The molecule has 37 heavy (non-hydrogen) atoms. The zero-order valence-electron chi connectivity index (χ0n) is 20.3. The van der Waals surface area contributed by atoms with Crippen LogP contribution < -0.4 is 16.0 Å². The lowest BCUT2D eigenvalue weighted by molar-refractivity contribution is -0.137. The van der Waals surface area contributed by atoms with Crippen molar-refractivity contribution in [2.24, 2.45) is 0 Å². The molecule has 3 aromatic rings. The van der Waals surface area contributed by atoms with Crippen molar-refractivity contribution in [1.82, 2.24) is 14.9 Å². The van der Waals surface area contributed by atoms with Gasteiger partial charge >= 0.3 is 0 Å². The van der Waals surface area contributed by atoms with Gasteiger partial charge in [-0.3, -0.25) is 4.79 Å². The number of nitrogens with one attached hydrogen (secondary N) is 1. The minimum Gasteiger partial charge on any atom is -0.381 e. The van der Waals surface area contributed by atoms with Crippen LogP contribution in [0.1, 0.15) is 25.7 Å². The quantitative estimate of drug-likeness (QED) is 0.505. The van der Waals surface area contributed by atoms with Crippen molar-refractivity contribution in [3.05, 3.63) is 66.7 Å². The molecule has 5 rings (SSSR count). The second-order valence-electron chi connectivity index (χ2n) is 9.32. The molecule has 0 spiro atoms. The Morgan fingerprint density at radius 3 is 2.51 bits per heavy atom. The Hall–Kier alpha value is -3.73. The van der Waals surface area contributed by atoms with Crippen molar-refractivity contribution in [2.45, 2.75) is 47.6 Å². The number of nitrogens with zero attached hydrogens (tertiary/aromatic N) is 4. The molecule has 194 valence electrons. The summed E-state index contributed by atoms with van der Waals surface area (Å²) >= 11 is 0. The van der Waals surface area contributed by atoms with Crippen LogP contribution in [-0.4, -0.2) is 60.9 Å². The van der Waals surface area contributed by atoms with Gasteiger partial charge in [-0.05, 0) is 49.9 Å². The molecule has 2 aromatic carbocycles. The molecule has 1 aromatic heterocycles. The average Bonchev–Trinajstić information content (AvgIpc) is 2.92. The zero-order chi connectivity index (χ0) is 26.0. The Morgan fingerprint density at radius 2 is 1.70 bits per heavy atom. The van der Waals surface area contributed by atoms with Gasteiger partial charge < -0.3 is 20.9 Å². The van der Waals surface area contributed by atoms with Gasteiger partial charge in [0.25, 0.3) is 0 Å². The first-order valence-corrected chi connectivity index (χ1v) is 13.8.